The average molecular weight is 407 g/mol. The number of amides is 4. The molecule has 0 saturated carbocycles. The van der Waals surface area contributed by atoms with E-state index in [-0.39, 0.29) is 25.1 Å². The number of nitrogens with two attached hydrogens (primary N) is 2. The van der Waals surface area contributed by atoms with Crippen LogP contribution >= 0.6 is 12.6 Å². The standard InChI is InChI=1S/C14H25N5O7S/c1-6(20)11(14(25)26)19-12(23)7(2-3-9(16)21)18-13(24)8(5-27)17-10(22)4-15/h6-8,11,20,27H,2-5,15H2,1H3,(H2,16,21)(H,17,22)(H,18,24)(H,19,23)(H,25,26). The van der Waals surface area contributed by atoms with E-state index < -0.39 is 53.8 Å². The largest absolute Gasteiger partial charge is 0.480 e. The minimum atomic E-state index is -1.62. The van der Waals surface area contributed by atoms with Crippen molar-refractivity contribution in [2.45, 2.75) is 44.0 Å². The van der Waals surface area contributed by atoms with Crippen LogP contribution in [0.15, 0.2) is 0 Å². The fourth-order valence-electron chi connectivity index (χ4n) is 1.92. The van der Waals surface area contributed by atoms with Crippen LogP contribution < -0.4 is 27.4 Å². The maximum Gasteiger partial charge on any atom is 0.328 e. The van der Waals surface area contributed by atoms with Crippen LogP contribution in [-0.4, -0.2) is 76.3 Å². The topological polar surface area (TPSA) is 214 Å². The van der Waals surface area contributed by atoms with Crippen molar-refractivity contribution in [2.24, 2.45) is 11.5 Å². The van der Waals surface area contributed by atoms with Gasteiger partial charge in [-0.1, -0.05) is 0 Å². The number of carboxylic acid groups (broad SMARTS) is 1. The number of rotatable bonds is 12. The summed E-state index contributed by atoms with van der Waals surface area (Å²) in [6, 6.07) is -4.06. The summed E-state index contributed by atoms with van der Waals surface area (Å²) in [6.45, 7) is 0.799. The molecule has 12 nitrogen and oxygen atoms in total. The number of carbonyl (C=O) groups excluding carboxylic acids is 4. The number of hydrogen-bond acceptors (Lipinski definition) is 8. The second-order valence-electron chi connectivity index (χ2n) is 5.64. The number of thiol groups is 1. The highest BCUT2D eigenvalue weighted by atomic mass is 32.1. The molecular formula is C14H25N5O7S. The molecule has 0 fully saturated rings. The Morgan fingerprint density at radius 2 is 1.59 bits per heavy atom. The minimum absolute atomic E-state index is 0.104. The Kier molecular flexibility index (Phi) is 11.0. The normalized spacial score (nSPS) is 15.0. The zero-order valence-electron chi connectivity index (χ0n) is 14.7. The third kappa shape index (κ3) is 9.21. The van der Waals surface area contributed by atoms with Gasteiger partial charge in [-0.2, -0.15) is 12.6 Å². The van der Waals surface area contributed by atoms with Gasteiger partial charge in [-0.3, -0.25) is 19.2 Å². The minimum Gasteiger partial charge on any atom is -0.480 e. The van der Waals surface area contributed by atoms with Crippen LogP contribution in [0.5, 0.6) is 0 Å². The number of aliphatic hydroxyl groups is 1. The number of hydrogen-bond donors (Lipinski definition) is 8. The van der Waals surface area contributed by atoms with Gasteiger partial charge in [-0.25, -0.2) is 4.79 Å². The summed E-state index contributed by atoms with van der Waals surface area (Å²) in [5, 5.41) is 25.1. The average Bonchev–Trinajstić information content (AvgIpc) is 2.59. The van der Waals surface area contributed by atoms with Crippen molar-refractivity contribution < 1.29 is 34.2 Å². The summed E-state index contributed by atoms with van der Waals surface area (Å²) >= 11 is 3.93. The molecule has 0 aromatic carbocycles. The van der Waals surface area contributed by atoms with E-state index in [9.17, 15) is 29.1 Å². The molecule has 0 aromatic heterocycles. The van der Waals surface area contributed by atoms with E-state index in [0.29, 0.717) is 0 Å². The van der Waals surface area contributed by atoms with E-state index in [2.05, 4.69) is 28.6 Å². The number of carbonyl (C=O) groups is 5. The number of primary amides is 1. The highest BCUT2D eigenvalue weighted by Crippen LogP contribution is 2.02. The molecule has 4 atom stereocenters. The molecule has 0 bridgehead atoms. The molecule has 27 heavy (non-hydrogen) atoms. The van der Waals surface area contributed by atoms with E-state index >= 15 is 0 Å². The van der Waals surface area contributed by atoms with Crippen molar-refractivity contribution in [3.8, 4) is 0 Å². The maximum absolute atomic E-state index is 12.3. The summed E-state index contributed by atoms with van der Waals surface area (Å²) in [5.41, 5.74) is 10.2. The first-order valence-electron chi connectivity index (χ1n) is 7.93. The maximum atomic E-state index is 12.3. The van der Waals surface area contributed by atoms with E-state index in [1.165, 1.54) is 0 Å². The van der Waals surface area contributed by atoms with Crippen LogP contribution in [0, 0.1) is 0 Å². The molecule has 13 heteroatoms. The van der Waals surface area contributed by atoms with Gasteiger partial charge in [-0.05, 0) is 13.3 Å². The van der Waals surface area contributed by atoms with Gasteiger partial charge in [0.05, 0.1) is 12.6 Å². The lowest BCUT2D eigenvalue weighted by Crippen LogP contribution is -2.58. The Hall–Kier alpha value is -2.38. The first-order valence-corrected chi connectivity index (χ1v) is 8.56. The Morgan fingerprint density at radius 3 is 2.00 bits per heavy atom. The number of carboxylic acids is 1. The predicted octanol–water partition coefficient (Wildman–Crippen LogP) is -3.94. The molecule has 0 spiro atoms. The van der Waals surface area contributed by atoms with E-state index in [4.69, 9.17) is 16.6 Å². The fourth-order valence-corrected chi connectivity index (χ4v) is 2.17. The van der Waals surface area contributed by atoms with E-state index in [0.717, 1.165) is 6.92 Å². The Bertz CT molecular complexity index is 572. The van der Waals surface area contributed by atoms with Crippen LogP contribution in [0.25, 0.3) is 0 Å². The molecule has 0 rings (SSSR count). The highest BCUT2D eigenvalue weighted by molar-refractivity contribution is 7.80. The summed E-state index contributed by atoms with van der Waals surface area (Å²) in [6.07, 6.45) is -1.90. The lowest BCUT2D eigenvalue weighted by molar-refractivity contribution is -0.145. The molecule has 0 radical (unpaired) electrons. The molecule has 154 valence electrons. The van der Waals surface area contributed by atoms with Crippen LogP contribution in [0.1, 0.15) is 19.8 Å². The molecule has 9 N–H and O–H groups in total. The zero-order chi connectivity index (χ0) is 21.1. The quantitative estimate of drug-likeness (QED) is 0.149. The van der Waals surface area contributed by atoms with Crippen molar-refractivity contribution in [1.82, 2.24) is 16.0 Å². The van der Waals surface area contributed by atoms with Gasteiger partial charge >= 0.3 is 5.97 Å². The first kappa shape index (κ1) is 24.6. The van der Waals surface area contributed by atoms with Gasteiger partial charge in [-0.15, -0.1) is 0 Å². The van der Waals surface area contributed by atoms with Crippen molar-refractivity contribution in [3.63, 3.8) is 0 Å². The summed E-state index contributed by atoms with van der Waals surface area (Å²) in [4.78, 5) is 58.0. The summed E-state index contributed by atoms with van der Waals surface area (Å²) < 4.78 is 0. The van der Waals surface area contributed by atoms with Crippen molar-refractivity contribution >= 4 is 42.2 Å². The predicted molar refractivity (Wildman–Crippen MR) is 96.4 cm³/mol. The molecule has 0 aliphatic carbocycles. The van der Waals surface area contributed by atoms with Crippen LogP contribution in [0.3, 0.4) is 0 Å². The molecule has 0 saturated heterocycles. The second-order valence-corrected chi connectivity index (χ2v) is 6.00. The fraction of sp³-hybridized carbons (Fsp3) is 0.643. The molecule has 0 aliphatic rings. The van der Waals surface area contributed by atoms with Gasteiger partial charge in [0.1, 0.15) is 12.1 Å². The SMILES string of the molecule is CC(O)C(NC(=O)C(CCC(N)=O)NC(=O)C(CS)NC(=O)CN)C(=O)O. The zero-order valence-corrected chi connectivity index (χ0v) is 15.6. The van der Waals surface area contributed by atoms with Gasteiger partial charge in [0.2, 0.25) is 23.6 Å². The van der Waals surface area contributed by atoms with Crippen molar-refractivity contribution in [2.75, 3.05) is 12.3 Å². The number of aliphatic hydroxyl groups excluding tert-OH is 1. The van der Waals surface area contributed by atoms with Crippen molar-refractivity contribution in [1.29, 1.82) is 0 Å². The van der Waals surface area contributed by atoms with E-state index in [1.807, 2.05) is 0 Å². The summed E-state index contributed by atoms with van der Waals surface area (Å²) in [7, 11) is 0. The summed E-state index contributed by atoms with van der Waals surface area (Å²) in [5.74, 6) is -4.69. The third-order valence-corrected chi connectivity index (χ3v) is 3.74. The molecule has 0 heterocycles. The van der Waals surface area contributed by atoms with Crippen LogP contribution in [0.2, 0.25) is 0 Å². The first-order chi connectivity index (χ1) is 12.5. The molecule has 4 amide bonds. The van der Waals surface area contributed by atoms with E-state index in [1.54, 1.807) is 0 Å². The van der Waals surface area contributed by atoms with Gasteiger partial charge < -0.3 is 37.6 Å². The smallest absolute Gasteiger partial charge is 0.328 e. The van der Waals surface area contributed by atoms with Crippen LogP contribution in [0.4, 0.5) is 0 Å². The number of nitrogens with one attached hydrogen (secondary N) is 3. The number of aliphatic carboxylic acids is 1. The lowest BCUT2D eigenvalue weighted by Gasteiger charge is -2.24. The highest BCUT2D eigenvalue weighted by Gasteiger charge is 2.31. The molecular weight excluding hydrogens is 382 g/mol. The lowest BCUT2D eigenvalue weighted by atomic mass is 10.1. The van der Waals surface area contributed by atoms with Crippen LogP contribution in [-0.2, 0) is 24.0 Å². The molecule has 4 unspecified atom stereocenters. The van der Waals surface area contributed by atoms with Crippen molar-refractivity contribution in [3.05, 3.63) is 0 Å². The Morgan fingerprint density at radius 1 is 1.04 bits per heavy atom. The monoisotopic (exact) mass is 407 g/mol. The second kappa shape index (κ2) is 12.1. The van der Waals surface area contributed by atoms with Gasteiger partial charge in [0.25, 0.3) is 0 Å². The Labute approximate surface area is 160 Å². The van der Waals surface area contributed by atoms with Gasteiger partial charge in [0.15, 0.2) is 6.04 Å². The molecule has 0 aromatic rings. The third-order valence-electron chi connectivity index (χ3n) is 3.38. The molecule has 0 aliphatic heterocycles. The van der Waals surface area contributed by atoms with Gasteiger partial charge in [0, 0.05) is 12.2 Å². The Balaban J connectivity index is 5.24.